The zero-order chi connectivity index (χ0) is 20.1. The molecule has 0 unspecified atom stereocenters. The van der Waals surface area contributed by atoms with Gasteiger partial charge in [-0.15, -0.1) is 0 Å². The van der Waals surface area contributed by atoms with Gasteiger partial charge >= 0.3 is 0 Å². The van der Waals surface area contributed by atoms with Gasteiger partial charge in [0.1, 0.15) is 11.7 Å². The standard InChI is InChI=1S/C21H32N6O/c1-5-28-11-10-25-6-8-26(9-7-25)15-18-12-17-14-23-19(13-22)24-20(17)27(18)16-21(2,3)4/h12,14H,5-11,15-16H2,1-4H3. The first-order valence-electron chi connectivity index (χ1n) is 10.2. The molecule has 0 N–H and O–H groups in total. The maximum absolute atomic E-state index is 9.18. The predicted octanol–water partition coefficient (Wildman–Crippen LogP) is 2.50. The Balaban J connectivity index is 1.74. The highest BCUT2D eigenvalue weighted by Crippen LogP contribution is 2.25. The largest absolute Gasteiger partial charge is 0.380 e. The Hall–Kier alpha value is -2.01. The Morgan fingerprint density at radius 2 is 1.89 bits per heavy atom. The smallest absolute Gasteiger partial charge is 0.234 e. The summed E-state index contributed by atoms with van der Waals surface area (Å²) in [5, 5.41) is 10.2. The van der Waals surface area contributed by atoms with Crippen molar-refractivity contribution in [3.8, 4) is 6.07 Å². The monoisotopic (exact) mass is 384 g/mol. The third kappa shape index (κ3) is 5.28. The molecule has 0 radical (unpaired) electrons. The van der Waals surface area contributed by atoms with E-state index in [0.717, 1.165) is 70.1 Å². The highest BCUT2D eigenvalue weighted by molar-refractivity contribution is 5.77. The molecule has 1 fully saturated rings. The Kier molecular flexibility index (Phi) is 6.65. The lowest BCUT2D eigenvalue weighted by atomic mass is 9.97. The number of nitrogens with zero attached hydrogens (tertiary/aromatic N) is 6. The molecule has 7 nitrogen and oxygen atoms in total. The van der Waals surface area contributed by atoms with Crippen LogP contribution in [0.4, 0.5) is 0 Å². The third-order valence-corrected chi connectivity index (χ3v) is 5.06. The zero-order valence-electron chi connectivity index (χ0n) is 17.6. The van der Waals surface area contributed by atoms with Gasteiger partial charge in [0, 0.05) is 69.7 Å². The summed E-state index contributed by atoms with van der Waals surface area (Å²) in [5.41, 5.74) is 2.24. The molecule has 7 heteroatoms. The van der Waals surface area contributed by atoms with Gasteiger partial charge in [0.05, 0.1) is 6.61 Å². The van der Waals surface area contributed by atoms with Gasteiger partial charge < -0.3 is 9.30 Å². The van der Waals surface area contributed by atoms with E-state index in [1.54, 1.807) is 6.20 Å². The number of piperazine rings is 1. The van der Waals surface area contributed by atoms with Crippen LogP contribution in [0, 0.1) is 16.7 Å². The first kappa shape index (κ1) is 20.7. The van der Waals surface area contributed by atoms with Crippen LogP contribution in [-0.4, -0.2) is 70.3 Å². The quantitative estimate of drug-likeness (QED) is 0.683. The van der Waals surface area contributed by atoms with E-state index >= 15 is 0 Å². The summed E-state index contributed by atoms with van der Waals surface area (Å²) in [7, 11) is 0. The summed E-state index contributed by atoms with van der Waals surface area (Å²) in [6, 6.07) is 4.25. The average molecular weight is 385 g/mol. The highest BCUT2D eigenvalue weighted by atomic mass is 16.5. The van der Waals surface area contributed by atoms with E-state index in [0.29, 0.717) is 0 Å². The number of aromatic nitrogens is 3. The van der Waals surface area contributed by atoms with E-state index in [1.165, 1.54) is 5.69 Å². The highest BCUT2D eigenvalue weighted by Gasteiger charge is 2.22. The fraction of sp³-hybridized carbons (Fsp3) is 0.667. The molecule has 0 spiro atoms. The van der Waals surface area contributed by atoms with Crippen LogP contribution in [0.25, 0.3) is 11.0 Å². The molecule has 3 heterocycles. The summed E-state index contributed by atoms with van der Waals surface area (Å²) < 4.78 is 7.76. The number of nitriles is 1. The van der Waals surface area contributed by atoms with Gasteiger partial charge in [-0.25, -0.2) is 9.97 Å². The molecule has 1 aliphatic heterocycles. The maximum atomic E-state index is 9.18. The van der Waals surface area contributed by atoms with Crippen LogP contribution in [0.5, 0.6) is 0 Å². The van der Waals surface area contributed by atoms with Crippen LogP contribution in [0.2, 0.25) is 0 Å². The minimum Gasteiger partial charge on any atom is -0.380 e. The van der Waals surface area contributed by atoms with Crippen LogP contribution < -0.4 is 0 Å². The second-order valence-corrected chi connectivity index (χ2v) is 8.68. The minimum atomic E-state index is 0.121. The van der Waals surface area contributed by atoms with Crippen molar-refractivity contribution in [2.24, 2.45) is 5.41 Å². The number of ether oxygens (including phenoxy) is 1. The van der Waals surface area contributed by atoms with E-state index in [1.807, 2.05) is 6.92 Å². The molecule has 0 amide bonds. The lowest BCUT2D eigenvalue weighted by Crippen LogP contribution is -2.47. The molecule has 1 saturated heterocycles. The first-order chi connectivity index (χ1) is 13.4. The minimum absolute atomic E-state index is 0.121. The molecule has 2 aromatic heterocycles. The van der Waals surface area contributed by atoms with Crippen molar-refractivity contribution in [2.75, 3.05) is 45.9 Å². The Morgan fingerprint density at radius 3 is 2.54 bits per heavy atom. The lowest BCUT2D eigenvalue weighted by molar-refractivity contribution is 0.0777. The van der Waals surface area contributed by atoms with Gasteiger partial charge in [-0.05, 0) is 18.4 Å². The molecule has 0 atom stereocenters. The van der Waals surface area contributed by atoms with Crippen molar-refractivity contribution in [3.63, 3.8) is 0 Å². The topological polar surface area (TPSA) is 70.2 Å². The average Bonchev–Trinajstić information content (AvgIpc) is 2.98. The summed E-state index contributed by atoms with van der Waals surface area (Å²) in [6.45, 7) is 17.4. The van der Waals surface area contributed by atoms with Crippen LogP contribution in [0.1, 0.15) is 39.2 Å². The van der Waals surface area contributed by atoms with Crippen molar-refractivity contribution in [2.45, 2.75) is 40.8 Å². The van der Waals surface area contributed by atoms with Crippen molar-refractivity contribution in [3.05, 3.63) is 23.8 Å². The number of hydrogen-bond acceptors (Lipinski definition) is 6. The SMILES string of the molecule is CCOCCN1CCN(Cc2cc3cnc(C#N)nc3n2CC(C)(C)C)CC1. The second kappa shape index (κ2) is 8.99. The molecule has 0 bridgehead atoms. The van der Waals surface area contributed by atoms with Crippen molar-refractivity contribution in [1.82, 2.24) is 24.3 Å². The molecule has 28 heavy (non-hydrogen) atoms. The Morgan fingerprint density at radius 1 is 1.18 bits per heavy atom. The lowest BCUT2D eigenvalue weighted by Gasteiger charge is -2.35. The molecular weight excluding hydrogens is 352 g/mol. The molecule has 0 aromatic carbocycles. The van der Waals surface area contributed by atoms with E-state index < -0.39 is 0 Å². The number of hydrogen-bond donors (Lipinski definition) is 0. The van der Waals surface area contributed by atoms with Crippen molar-refractivity contribution < 1.29 is 4.74 Å². The van der Waals surface area contributed by atoms with Crippen molar-refractivity contribution >= 4 is 11.0 Å². The van der Waals surface area contributed by atoms with Crippen molar-refractivity contribution in [1.29, 1.82) is 5.26 Å². The fourth-order valence-electron chi connectivity index (χ4n) is 3.67. The summed E-state index contributed by atoms with van der Waals surface area (Å²) >= 11 is 0. The van der Waals surface area contributed by atoms with E-state index in [-0.39, 0.29) is 11.2 Å². The predicted molar refractivity (Wildman–Crippen MR) is 110 cm³/mol. The Labute approximate surface area is 167 Å². The first-order valence-corrected chi connectivity index (χ1v) is 10.2. The van der Waals surface area contributed by atoms with E-state index in [9.17, 15) is 5.26 Å². The molecule has 152 valence electrons. The van der Waals surface area contributed by atoms with Gasteiger partial charge in [-0.1, -0.05) is 20.8 Å². The summed E-state index contributed by atoms with van der Waals surface area (Å²) in [4.78, 5) is 13.6. The summed E-state index contributed by atoms with van der Waals surface area (Å²) in [6.07, 6.45) is 1.77. The molecule has 0 aliphatic carbocycles. The van der Waals surface area contributed by atoms with Gasteiger partial charge in [0.25, 0.3) is 0 Å². The van der Waals surface area contributed by atoms with Crippen LogP contribution in [0.15, 0.2) is 12.3 Å². The number of fused-ring (bicyclic) bond motifs is 1. The van der Waals surface area contributed by atoms with Gasteiger partial charge in [0.15, 0.2) is 0 Å². The maximum Gasteiger partial charge on any atom is 0.234 e. The van der Waals surface area contributed by atoms with E-state index in [4.69, 9.17) is 4.74 Å². The van der Waals surface area contributed by atoms with Gasteiger partial charge in [0.2, 0.25) is 5.82 Å². The van der Waals surface area contributed by atoms with Gasteiger partial charge in [-0.3, -0.25) is 9.80 Å². The summed E-state index contributed by atoms with van der Waals surface area (Å²) in [5.74, 6) is 0.232. The molecule has 2 aromatic rings. The molecule has 1 aliphatic rings. The fourth-order valence-corrected chi connectivity index (χ4v) is 3.67. The zero-order valence-corrected chi connectivity index (χ0v) is 17.6. The normalized spacial score (nSPS) is 16.5. The Bertz CT molecular complexity index is 824. The van der Waals surface area contributed by atoms with Crippen LogP contribution in [0.3, 0.4) is 0 Å². The van der Waals surface area contributed by atoms with Crippen LogP contribution in [-0.2, 0) is 17.8 Å². The molecule has 3 rings (SSSR count). The van der Waals surface area contributed by atoms with Crippen LogP contribution >= 0.6 is 0 Å². The second-order valence-electron chi connectivity index (χ2n) is 8.68. The van der Waals surface area contributed by atoms with Gasteiger partial charge in [-0.2, -0.15) is 5.26 Å². The number of rotatable bonds is 7. The molecule has 0 saturated carbocycles. The van der Waals surface area contributed by atoms with E-state index in [2.05, 4.69) is 57.2 Å². The molecular formula is C21H32N6O. The third-order valence-electron chi connectivity index (χ3n) is 5.06.